The van der Waals surface area contributed by atoms with Gasteiger partial charge in [-0.25, -0.2) is 0 Å². The molecule has 17 aromatic rings. The van der Waals surface area contributed by atoms with Gasteiger partial charge < -0.3 is 31.9 Å². The lowest BCUT2D eigenvalue weighted by Gasteiger charge is -2.27. The summed E-state index contributed by atoms with van der Waals surface area (Å²) in [6.45, 7) is 0. The Kier molecular flexibility index (Phi) is 8.15. The highest BCUT2D eigenvalue weighted by Crippen LogP contribution is 2.47. The van der Waals surface area contributed by atoms with E-state index in [1.807, 2.05) is 24.3 Å². The van der Waals surface area contributed by atoms with Crippen LogP contribution in [-0.4, -0.2) is 0 Å². The third-order valence-corrected chi connectivity index (χ3v) is 15.4. The quantitative estimate of drug-likeness (QED) is 0.164. The molecule has 0 saturated heterocycles. The molecule has 0 spiro atoms. The first-order valence-electron chi connectivity index (χ1n) is 25.2. The van der Waals surface area contributed by atoms with E-state index in [0.29, 0.717) is 0 Å². The number of rotatable bonds is 6. The van der Waals surface area contributed by atoms with Crippen molar-refractivity contribution in [1.82, 2.24) is 0 Å². The monoisotopic (exact) mass is 962 g/mol. The predicted molar refractivity (Wildman–Crippen MR) is 307 cm³/mol. The Labute approximate surface area is 425 Å². The van der Waals surface area contributed by atoms with Gasteiger partial charge in [-0.3, -0.25) is 0 Å². The van der Waals surface area contributed by atoms with E-state index in [4.69, 9.17) is 22.1 Å². The number of furan rings is 5. The van der Waals surface area contributed by atoms with E-state index >= 15 is 0 Å². The number of hydrogen-bond acceptors (Lipinski definition) is 7. The molecule has 0 unspecified atom stereocenters. The van der Waals surface area contributed by atoms with Gasteiger partial charge in [0.2, 0.25) is 0 Å². The normalized spacial score (nSPS) is 12.3. The smallest absolute Gasteiger partial charge is 0.137 e. The van der Waals surface area contributed by atoms with Crippen molar-refractivity contribution in [3.8, 4) is 0 Å². The Morgan fingerprint density at radius 1 is 0.187 bits per heavy atom. The summed E-state index contributed by atoms with van der Waals surface area (Å²) in [4.78, 5) is 4.64. The molecule has 0 N–H and O–H groups in total. The number of fused-ring (bicyclic) bond motifs is 17. The van der Waals surface area contributed by atoms with Gasteiger partial charge in [-0.15, -0.1) is 0 Å². The summed E-state index contributed by atoms with van der Waals surface area (Å²) in [6, 6.07) is 80.8. The summed E-state index contributed by atoms with van der Waals surface area (Å²) < 4.78 is 33.0. The molecule has 7 heteroatoms. The number of nitrogens with zero attached hydrogens (tertiary/aromatic N) is 2. The van der Waals surface area contributed by atoms with Crippen LogP contribution in [0.1, 0.15) is 0 Å². The molecule has 7 nitrogen and oxygen atoms in total. The van der Waals surface area contributed by atoms with Crippen LogP contribution >= 0.6 is 0 Å². The molecule has 0 atom stereocenters. The second kappa shape index (κ2) is 15.1. The predicted octanol–water partition coefficient (Wildman–Crippen LogP) is 20.4. The SMILES string of the molecule is c1ccc2c(N(c3ccc4c(c3)oc3cc5c(cc34)oc3cc4c(cc35)oc3cc(N(c5ccc6oc7ccccc7c6c5)c5cccc6ccccc56)ccc34)c3ccc4oc5ccccc5c4c3)cccc2c1. The second-order valence-corrected chi connectivity index (χ2v) is 19.6. The lowest BCUT2D eigenvalue weighted by molar-refractivity contribution is 0.662. The first-order chi connectivity index (χ1) is 37.1. The van der Waals surface area contributed by atoms with Gasteiger partial charge in [-0.05, 0) is 120 Å². The molecule has 350 valence electrons. The molecule has 0 aliphatic rings. The Morgan fingerprint density at radius 3 is 0.933 bits per heavy atom. The molecule has 5 heterocycles. The van der Waals surface area contributed by atoms with E-state index in [1.165, 1.54) is 0 Å². The highest BCUT2D eigenvalue weighted by molar-refractivity contribution is 6.19. The van der Waals surface area contributed by atoms with Gasteiger partial charge >= 0.3 is 0 Å². The van der Waals surface area contributed by atoms with E-state index in [-0.39, 0.29) is 0 Å². The van der Waals surface area contributed by atoms with Crippen LogP contribution < -0.4 is 9.80 Å². The van der Waals surface area contributed by atoms with Crippen molar-refractivity contribution in [3.05, 3.63) is 231 Å². The van der Waals surface area contributed by atoms with Crippen molar-refractivity contribution in [2.75, 3.05) is 9.80 Å². The Balaban J connectivity index is 0.789. The zero-order valence-corrected chi connectivity index (χ0v) is 39.9. The second-order valence-electron chi connectivity index (χ2n) is 19.6. The van der Waals surface area contributed by atoms with Crippen LogP contribution in [0.15, 0.2) is 253 Å². The van der Waals surface area contributed by atoms with Crippen LogP contribution in [0.2, 0.25) is 0 Å². The summed E-state index contributed by atoms with van der Waals surface area (Å²) in [5, 5.41) is 14.8. The van der Waals surface area contributed by atoms with Crippen LogP contribution in [0.5, 0.6) is 0 Å². The highest BCUT2D eigenvalue weighted by atomic mass is 16.3. The van der Waals surface area contributed by atoms with Crippen LogP contribution in [-0.2, 0) is 0 Å². The molecule has 0 fully saturated rings. The summed E-state index contributed by atoms with van der Waals surface area (Å²) in [7, 11) is 0. The number of anilines is 6. The zero-order valence-electron chi connectivity index (χ0n) is 39.9. The van der Waals surface area contributed by atoms with E-state index < -0.39 is 0 Å². The van der Waals surface area contributed by atoms with E-state index in [1.54, 1.807) is 0 Å². The fraction of sp³-hybridized carbons (Fsp3) is 0. The molecular weight excluding hydrogens is 925 g/mol. The summed E-state index contributed by atoms with van der Waals surface area (Å²) in [5.74, 6) is 0. The van der Waals surface area contributed by atoms with Crippen LogP contribution in [0.25, 0.3) is 131 Å². The minimum Gasteiger partial charge on any atom is -0.456 e. The van der Waals surface area contributed by atoms with Crippen molar-refractivity contribution >= 4 is 165 Å². The molecule has 5 aromatic heterocycles. The minimum absolute atomic E-state index is 0.782. The van der Waals surface area contributed by atoms with Crippen molar-refractivity contribution < 1.29 is 22.1 Å². The summed E-state index contributed by atoms with van der Waals surface area (Å²) >= 11 is 0. The number of hydrogen-bond donors (Lipinski definition) is 0. The summed E-state index contributed by atoms with van der Waals surface area (Å²) in [6.07, 6.45) is 0. The van der Waals surface area contributed by atoms with Gasteiger partial charge in [-0.1, -0.05) is 109 Å². The molecule has 12 aromatic carbocycles. The summed E-state index contributed by atoms with van der Waals surface area (Å²) in [5.41, 5.74) is 14.3. The Bertz CT molecular complexity index is 4900. The maximum atomic E-state index is 6.84. The highest BCUT2D eigenvalue weighted by Gasteiger charge is 2.23. The Hall–Kier alpha value is -10.2. The van der Waals surface area contributed by atoms with Gasteiger partial charge in [0.15, 0.2) is 0 Å². The van der Waals surface area contributed by atoms with E-state index in [2.05, 4.69) is 216 Å². The first-order valence-corrected chi connectivity index (χ1v) is 25.2. The molecule has 0 bridgehead atoms. The molecule has 17 rings (SSSR count). The molecule has 0 radical (unpaired) electrons. The van der Waals surface area contributed by atoms with Gasteiger partial charge in [0.25, 0.3) is 0 Å². The van der Waals surface area contributed by atoms with Crippen molar-refractivity contribution in [1.29, 1.82) is 0 Å². The molecule has 0 aliphatic carbocycles. The molecule has 75 heavy (non-hydrogen) atoms. The average Bonchev–Trinajstić information content (AvgIpc) is 4.29. The third kappa shape index (κ3) is 5.97. The van der Waals surface area contributed by atoms with E-state index in [9.17, 15) is 0 Å². The maximum Gasteiger partial charge on any atom is 0.137 e. The first kappa shape index (κ1) is 40.4. The fourth-order valence-electron chi connectivity index (χ4n) is 11.9. The molecule has 0 aliphatic heterocycles. The van der Waals surface area contributed by atoms with Crippen molar-refractivity contribution in [2.24, 2.45) is 0 Å². The zero-order chi connectivity index (χ0) is 48.9. The van der Waals surface area contributed by atoms with Gasteiger partial charge in [0.1, 0.15) is 55.8 Å². The maximum absolute atomic E-state index is 6.84. The van der Waals surface area contributed by atoms with E-state index in [0.717, 1.165) is 165 Å². The minimum atomic E-state index is 0.782. The van der Waals surface area contributed by atoms with Crippen LogP contribution in [0.3, 0.4) is 0 Å². The van der Waals surface area contributed by atoms with Crippen LogP contribution in [0.4, 0.5) is 34.1 Å². The molecule has 0 saturated carbocycles. The number of para-hydroxylation sites is 2. The number of benzene rings is 12. The van der Waals surface area contributed by atoms with Crippen molar-refractivity contribution in [2.45, 2.75) is 0 Å². The largest absolute Gasteiger partial charge is 0.456 e. The van der Waals surface area contributed by atoms with Gasteiger partial charge in [0.05, 0.1) is 11.4 Å². The topological polar surface area (TPSA) is 72.2 Å². The van der Waals surface area contributed by atoms with Crippen molar-refractivity contribution in [3.63, 3.8) is 0 Å². The van der Waals surface area contributed by atoms with Crippen LogP contribution in [0, 0.1) is 0 Å². The molecule has 0 amide bonds. The van der Waals surface area contributed by atoms with Gasteiger partial charge in [-0.2, -0.15) is 0 Å². The lowest BCUT2D eigenvalue weighted by Crippen LogP contribution is -2.10. The molecular formula is C68H38N2O5. The lowest BCUT2D eigenvalue weighted by atomic mass is 10.0. The third-order valence-electron chi connectivity index (χ3n) is 15.4. The Morgan fingerprint density at radius 2 is 0.480 bits per heavy atom. The fourth-order valence-corrected chi connectivity index (χ4v) is 11.9. The van der Waals surface area contributed by atoms with Gasteiger partial charge in [0, 0.05) is 99.5 Å². The standard InChI is InChI=1S/C68H38N2O5/c1-3-15-45-39(11-1)13-9-19-57(45)69(41-25-29-61-51(31-41)47-17-5-7-21-59(47)71-61)43-23-27-49-53-35-67-55(37-65(53)73-63(49)33-43)56-38-66-54(36-68(56)75-67)50-28-24-44(34-64(50)74-66)70(58-20-10-14-40-12-2-4-16-46(40)58)42-26-30-62-52(32-42)48-18-6-8-22-60(48)72-62/h1-38H. The average molecular weight is 963 g/mol.